The van der Waals surface area contributed by atoms with Crippen LogP contribution in [0, 0.1) is 6.92 Å². The van der Waals surface area contributed by atoms with Gasteiger partial charge in [-0.1, -0.05) is 18.2 Å². The highest BCUT2D eigenvalue weighted by atomic mass is 16.6. The van der Waals surface area contributed by atoms with Gasteiger partial charge in [-0.2, -0.15) is 0 Å². The SMILES string of the molecule is Cc1ccc2c(N(C(=O)OC(C)C)[C@@H]3CCNC3)nc(-c3ccccc3O)nc2c1. The van der Waals surface area contributed by atoms with Crippen LogP contribution in [0.3, 0.4) is 0 Å². The first-order chi connectivity index (χ1) is 14.4. The molecule has 1 atom stereocenters. The summed E-state index contributed by atoms with van der Waals surface area (Å²) in [6.45, 7) is 7.14. The van der Waals surface area contributed by atoms with E-state index in [-0.39, 0.29) is 17.9 Å². The molecule has 0 radical (unpaired) electrons. The number of hydrogen-bond donors (Lipinski definition) is 2. The van der Waals surface area contributed by atoms with E-state index in [9.17, 15) is 9.90 Å². The van der Waals surface area contributed by atoms with E-state index in [4.69, 9.17) is 14.7 Å². The summed E-state index contributed by atoms with van der Waals surface area (Å²) in [6.07, 6.45) is 0.126. The first-order valence-corrected chi connectivity index (χ1v) is 10.2. The van der Waals surface area contributed by atoms with E-state index in [0.717, 1.165) is 23.9 Å². The summed E-state index contributed by atoms with van der Waals surface area (Å²) in [7, 11) is 0. The molecule has 0 bridgehead atoms. The number of nitrogens with zero attached hydrogens (tertiary/aromatic N) is 3. The zero-order valence-corrected chi connectivity index (χ0v) is 17.4. The van der Waals surface area contributed by atoms with Gasteiger partial charge in [0.15, 0.2) is 5.82 Å². The Balaban J connectivity index is 1.94. The Morgan fingerprint density at radius 2 is 2.03 bits per heavy atom. The summed E-state index contributed by atoms with van der Waals surface area (Å²) >= 11 is 0. The van der Waals surface area contributed by atoms with E-state index in [1.54, 1.807) is 23.1 Å². The number of benzene rings is 2. The summed E-state index contributed by atoms with van der Waals surface area (Å²) < 4.78 is 5.57. The highest BCUT2D eigenvalue weighted by Crippen LogP contribution is 2.33. The molecular weight excluding hydrogens is 380 g/mol. The number of ether oxygens (including phenoxy) is 1. The number of amides is 1. The largest absolute Gasteiger partial charge is 0.507 e. The monoisotopic (exact) mass is 406 g/mol. The molecule has 1 aliphatic rings. The van der Waals surface area contributed by atoms with Gasteiger partial charge in [-0.3, -0.25) is 4.90 Å². The number of phenolic OH excluding ortho intramolecular Hbond substituents is 1. The minimum Gasteiger partial charge on any atom is -0.507 e. The van der Waals surface area contributed by atoms with Crippen LogP contribution in [0.4, 0.5) is 10.6 Å². The van der Waals surface area contributed by atoms with Crippen LogP contribution in [0.2, 0.25) is 0 Å². The van der Waals surface area contributed by atoms with Gasteiger partial charge in [0.2, 0.25) is 0 Å². The molecule has 2 aromatic carbocycles. The minimum absolute atomic E-state index is 0.0760. The number of phenols is 1. The average molecular weight is 406 g/mol. The van der Waals surface area contributed by atoms with Gasteiger partial charge in [0.25, 0.3) is 0 Å². The lowest BCUT2D eigenvalue weighted by Gasteiger charge is -2.29. The second-order valence-corrected chi connectivity index (χ2v) is 7.86. The molecule has 2 N–H and O–H groups in total. The Labute approximate surface area is 175 Å². The number of carbonyl (C=O) groups is 1. The number of aromatic hydroxyl groups is 1. The standard InChI is InChI=1S/C23H26N4O3/c1-14(2)30-23(29)27(16-10-11-24-13-16)22-17-9-8-15(3)12-19(17)25-21(26-22)18-6-4-5-7-20(18)28/h4-9,12,14,16,24,28H,10-11,13H2,1-3H3/t16-/m1/s1. The van der Waals surface area contributed by atoms with Gasteiger partial charge < -0.3 is 15.2 Å². The molecule has 0 unspecified atom stereocenters. The van der Waals surface area contributed by atoms with Gasteiger partial charge in [0, 0.05) is 11.9 Å². The highest BCUT2D eigenvalue weighted by molar-refractivity contribution is 6.00. The summed E-state index contributed by atoms with van der Waals surface area (Å²) in [5.41, 5.74) is 2.28. The molecule has 1 amide bonds. The van der Waals surface area contributed by atoms with E-state index in [2.05, 4.69) is 5.32 Å². The number of aromatic nitrogens is 2. The lowest BCUT2D eigenvalue weighted by Crippen LogP contribution is -2.43. The molecule has 1 aliphatic heterocycles. The maximum absolute atomic E-state index is 13.1. The molecule has 7 heteroatoms. The van der Waals surface area contributed by atoms with Gasteiger partial charge >= 0.3 is 6.09 Å². The Morgan fingerprint density at radius 1 is 1.23 bits per heavy atom. The summed E-state index contributed by atoms with van der Waals surface area (Å²) in [5, 5.41) is 14.4. The van der Waals surface area contributed by atoms with Gasteiger partial charge in [-0.25, -0.2) is 14.8 Å². The number of anilines is 1. The number of carbonyl (C=O) groups excluding carboxylic acids is 1. The van der Waals surface area contributed by atoms with E-state index < -0.39 is 6.09 Å². The van der Waals surface area contributed by atoms with E-state index in [0.29, 0.717) is 29.3 Å². The van der Waals surface area contributed by atoms with Gasteiger partial charge in [-0.15, -0.1) is 0 Å². The summed E-state index contributed by atoms with van der Waals surface area (Å²) in [6, 6.07) is 12.7. The third-order valence-electron chi connectivity index (χ3n) is 5.14. The van der Waals surface area contributed by atoms with Crippen molar-refractivity contribution in [2.75, 3.05) is 18.0 Å². The fraction of sp³-hybridized carbons (Fsp3) is 0.348. The van der Waals surface area contributed by atoms with Crippen molar-refractivity contribution < 1.29 is 14.6 Å². The lowest BCUT2D eigenvalue weighted by molar-refractivity contribution is 0.120. The Bertz CT molecular complexity index is 1080. The van der Waals surface area contributed by atoms with Crippen molar-refractivity contribution >= 4 is 22.8 Å². The second-order valence-electron chi connectivity index (χ2n) is 7.86. The van der Waals surface area contributed by atoms with Crippen LogP contribution in [-0.2, 0) is 4.74 Å². The minimum atomic E-state index is -0.428. The Hall–Kier alpha value is -3.19. The maximum atomic E-state index is 13.1. The fourth-order valence-electron chi connectivity index (χ4n) is 3.72. The van der Waals surface area contributed by atoms with Crippen LogP contribution in [0.1, 0.15) is 25.8 Å². The van der Waals surface area contributed by atoms with Crippen molar-refractivity contribution in [1.29, 1.82) is 0 Å². The lowest BCUT2D eigenvalue weighted by atomic mass is 10.1. The van der Waals surface area contributed by atoms with Crippen molar-refractivity contribution in [1.82, 2.24) is 15.3 Å². The third kappa shape index (κ3) is 3.93. The molecule has 0 aliphatic carbocycles. The molecule has 3 aromatic rings. The second kappa shape index (κ2) is 8.28. The molecule has 30 heavy (non-hydrogen) atoms. The zero-order chi connectivity index (χ0) is 21.3. The smallest absolute Gasteiger partial charge is 0.416 e. The molecular formula is C23H26N4O3. The molecule has 156 valence electrons. The zero-order valence-electron chi connectivity index (χ0n) is 17.4. The maximum Gasteiger partial charge on any atom is 0.416 e. The van der Waals surface area contributed by atoms with Crippen LogP contribution in [-0.4, -0.2) is 46.4 Å². The van der Waals surface area contributed by atoms with Crippen LogP contribution in [0.5, 0.6) is 5.75 Å². The number of fused-ring (bicyclic) bond motifs is 1. The van der Waals surface area contributed by atoms with Crippen LogP contribution < -0.4 is 10.2 Å². The predicted molar refractivity (Wildman–Crippen MR) is 117 cm³/mol. The van der Waals surface area contributed by atoms with Crippen molar-refractivity contribution in [3.05, 3.63) is 48.0 Å². The first-order valence-electron chi connectivity index (χ1n) is 10.2. The molecule has 4 rings (SSSR count). The molecule has 1 aromatic heterocycles. The van der Waals surface area contributed by atoms with Crippen LogP contribution in [0.15, 0.2) is 42.5 Å². The molecule has 0 spiro atoms. The number of para-hydroxylation sites is 1. The van der Waals surface area contributed by atoms with Crippen molar-refractivity contribution in [2.24, 2.45) is 0 Å². The number of rotatable bonds is 4. The number of hydrogen-bond acceptors (Lipinski definition) is 6. The van der Waals surface area contributed by atoms with E-state index in [1.165, 1.54) is 0 Å². The number of aryl methyl sites for hydroxylation is 1. The quantitative estimate of drug-likeness (QED) is 0.680. The molecule has 7 nitrogen and oxygen atoms in total. The fourth-order valence-corrected chi connectivity index (χ4v) is 3.72. The average Bonchev–Trinajstić information content (AvgIpc) is 3.21. The molecule has 2 heterocycles. The van der Waals surface area contributed by atoms with Gasteiger partial charge in [0.1, 0.15) is 11.6 Å². The van der Waals surface area contributed by atoms with E-state index >= 15 is 0 Å². The van der Waals surface area contributed by atoms with Crippen LogP contribution >= 0.6 is 0 Å². The predicted octanol–water partition coefficient (Wildman–Crippen LogP) is 4.02. The first kappa shape index (κ1) is 20.1. The summed E-state index contributed by atoms with van der Waals surface area (Å²) in [4.78, 5) is 24.2. The molecule has 1 fully saturated rings. The molecule has 1 saturated heterocycles. The van der Waals surface area contributed by atoms with Crippen molar-refractivity contribution in [3.63, 3.8) is 0 Å². The Kier molecular flexibility index (Phi) is 5.55. The molecule has 0 saturated carbocycles. The Morgan fingerprint density at radius 3 is 2.73 bits per heavy atom. The third-order valence-corrected chi connectivity index (χ3v) is 5.14. The topological polar surface area (TPSA) is 87.6 Å². The van der Waals surface area contributed by atoms with Crippen molar-refractivity contribution in [2.45, 2.75) is 39.3 Å². The van der Waals surface area contributed by atoms with Gasteiger partial charge in [-0.05, 0) is 63.6 Å². The van der Waals surface area contributed by atoms with E-state index in [1.807, 2.05) is 45.0 Å². The number of nitrogens with one attached hydrogen (secondary N) is 1. The summed E-state index contributed by atoms with van der Waals surface area (Å²) in [5.74, 6) is 0.960. The van der Waals surface area contributed by atoms with Crippen LogP contribution in [0.25, 0.3) is 22.3 Å². The normalized spacial score (nSPS) is 16.2. The van der Waals surface area contributed by atoms with Crippen molar-refractivity contribution in [3.8, 4) is 17.1 Å². The van der Waals surface area contributed by atoms with Gasteiger partial charge in [0.05, 0.1) is 23.2 Å². The highest BCUT2D eigenvalue weighted by Gasteiger charge is 2.32.